The number of ether oxygens (including phenoxy) is 1. The molecule has 0 radical (unpaired) electrons. The fraction of sp³-hybridized carbons (Fsp3) is 0.368. The Morgan fingerprint density at radius 2 is 1.61 bits per heavy atom. The maximum absolute atomic E-state index is 10.2. The van der Waals surface area contributed by atoms with E-state index in [-0.39, 0.29) is 12.4 Å². The third-order valence-corrected chi connectivity index (χ3v) is 3.68. The number of hydrogen-bond donors (Lipinski definition) is 2. The van der Waals surface area contributed by atoms with E-state index in [1.807, 2.05) is 54.6 Å². The summed E-state index contributed by atoms with van der Waals surface area (Å²) in [4.78, 5) is 0. The number of halogens is 1. The van der Waals surface area contributed by atoms with E-state index in [0.717, 1.165) is 23.5 Å². The molecule has 0 aliphatic carbocycles. The normalized spacial score (nSPS) is 13.3. The first-order valence-corrected chi connectivity index (χ1v) is 7.83. The highest BCUT2D eigenvalue weighted by Crippen LogP contribution is 2.26. The van der Waals surface area contributed by atoms with Crippen molar-refractivity contribution in [2.75, 3.05) is 0 Å². The van der Waals surface area contributed by atoms with Gasteiger partial charge in [-0.1, -0.05) is 44.2 Å². The zero-order valence-electron chi connectivity index (χ0n) is 13.7. The average molecular weight is 336 g/mol. The summed E-state index contributed by atoms with van der Waals surface area (Å²) in [5.74, 6) is 2.08. The lowest BCUT2D eigenvalue weighted by atomic mass is 9.96. The zero-order valence-corrected chi connectivity index (χ0v) is 14.5. The van der Waals surface area contributed by atoms with E-state index in [0.29, 0.717) is 12.3 Å². The Hall–Kier alpha value is -1.55. The van der Waals surface area contributed by atoms with Crippen molar-refractivity contribution in [3.05, 3.63) is 60.2 Å². The van der Waals surface area contributed by atoms with Gasteiger partial charge in [0.1, 0.15) is 11.5 Å². The van der Waals surface area contributed by atoms with Gasteiger partial charge in [0.15, 0.2) is 0 Å². The second-order valence-electron chi connectivity index (χ2n) is 6.05. The lowest BCUT2D eigenvalue weighted by molar-refractivity contribution is 0.128. The van der Waals surface area contributed by atoms with Gasteiger partial charge in [0.2, 0.25) is 0 Å². The van der Waals surface area contributed by atoms with Crippen LogP contribution in [-0.2, 0) is 0 Å². The molecular weight excluding hydrogens is 310 g/mol. The monoisotopic (exact) mass is 335 g/mol. The number of aliphatic hydroxyl groups is 1. The molecule has 0 amide bonds. The molecule has 4 heteroatoms. The molecule has 0 aliphatic rings. The molecule has 2 rings (SSSR count). The molecule has 2 atom stereocenters. The zero-order chi connectivity index (χ0) is 15.9. The topological polar surface area (TPSA) is 55.5 Å². The van der Waals surface area contributed by atoms with Crippen molar-refractivity contribution >= 4 is 12.4 Å². The van der Waals surface area contributed by atoms with Crippen molar-refractivity contribution in [3.63, 3.8) is 0 Å². The van der Waals surface area contributed by atoms with Gasteiger partial charge in [-0.05, 0) is 48.6 Å². The molecule has 3 nitrogen and oxygen atoms in total. The first kappa shape index (κ1) is 19.5. The fourth-order valence-electron chi connectivity index (χ4n) is 2.32. The summed E-state index contributed by atoms with van der Waals surface area (Å²) >= 11 is 0. The average Bonchev–Trinajstić information content (AvgIpc) is 2.53. The van der Waals surface area contributed by atoms with Gasteiger partial charge in [0.25, 0.3) is 0 Å². The highest BCUT2D eigenvalue weighted by molar-refractivity contribution is 5.85. The van der Waals surface area contributed by atoms with E-state index in [9.17, 15) is 5.11 Å². The highest BCUT2D eigenvalue weighted by Gasteiger charge is 2.17. The third kappa shape index (κ3) is 6.22. The van der Waals surface area contributed by atoms with Gasteiger partial charge in [-0.25, -0.2) is 0 Å². The van der Waals surface area contributed by atoms with Gasteiger partial charge >= 0.3 is 0 Å². The lowest BCUT2D eigenvalue weighted by Crippen LogP contribution is -2.26. The minimum atomic E-state index is -0.533. The molecule has 0 bridgehead atoms. The van der Waals surface area contributed by atoms with Crippen LogP contribution >= 0.6 is 12.4 Å². The van der Waals surface area contributed by atoms with Crippen LogP contribution in [0.5, 0.6) is 11.5 Å². The number of para-hydroxylation sites is 1. The fourth-order valence-corrected chi connectivity index (χ4v) is 2.32. The molecule has 2 aromatic rings. The van der Waals surface area contributed by atoms with Crippen molar-refractivity contribution in [2.24, 2.45) is 11.7 Å². The van der Waals surface area contributed by atoms with Crippen LogP contribution in [0.4, 0.5) is 0 Å². The quantitative estimate of drug-likeness (QED) is 0.771. The Balaban J connectivity index is 0.00000264. The first-order chi connectivity index (χ1) is 10.6. The largest absolute Gasteiger partial charge is 0.457 e. The summed E-state index contributed by atoms with van der Waals surface area (Å²) in [5.41, 5.74) is 7.07. The molecule has 0 unspecified atom stereocenters. The van der Waals surface area contributed by atoms with Gasteiger partial charge < -0.3 is 15.6 Å². The minimum absolute atomic E-state index is 0. The Labute approximate surface area is 144 Å². The molecule has 23 heavy (non-hydrogen) atoms. The molecule has 3 N–H and O–H groups in total. The van der Waals surface area contributed by atoms with Crippen LogP contribution in [0.3, 0.4) is 0 Å². The second kappa shape index (κ2) is 9.56. The summed E-state index contributed by atoms with van der Waals surface area (Å²) < 4.78 is 5.81. The number of aliphatic hydroxyl groups excluding tert-OH is 1. The third-order valence-electron chi connectivity index (χ3n) is 3.68. The van der Waals surface area contributed by atoms with Crippen LogP contribution in [-0.4, -0.2) is 11.2 Å². The van der Waals surface area contributed by atoms with Crippen LogP contribution in [0.15, 0.2) is 54.6 Å². The Kier molecular flexibility index (Phi) is 8.10. The molecular formula is C19H26ClNO2. The summed E-state index contributed by atoms with van der Waals surface area (Å²) in [6.45, 7) is 4.29. The van der Waals surface area contributed by atoms with Crippen molar-refractivity contribution in [2.45, 2.75) is 38.8 Å². The Morgan fingerprint density at radius 3 is 2.26 bits per heavy atom. The number of hydrogen-bond acceptors (Lipinski definition) is 3. The van der Waals surface area contributed by atoms with Crippen molar-refractivity contribution < 1.29 is 9.84 Å². The van der Waals surface area contributed by atoms with Crippen LogP contribution in [0.25, 0.3) is 0 Å². The summed E-state index contributed by atoms with van der Waals surface area (Å²) in [5, 5.41) is 10.2. The van der Waals surface area contributed by atoms with E-state index in [4.69, 9.17) is 10.5 Å². The second-order valence-corrected chi connectivity index (χ2v) is 6.05. The Morgan fingerprint density at radius 1 is 0.957 bits per heavy atom. The Bertz CT molecular complexity index is 575. The standard InChI is InChI=1S/C19H25NO2.ClH/c1-14(2)11-12-18(21)19(20)15-7-6-10-17(13-15)22-16-8-4-3-5-9-16;/h3-10,13-14,18-19,21H,11-12,20H2,1-2H3;1H/t18-,19+;/m0./s1. The van der Waals surface area contributed by atoms with Gasteiger partial charge in [0, 0.05) is 0 Å². The van der Waals surface area contributed by atoms with E-state index < -0.39 is 12.1 Å². The molecule has 0 saturated carbocycles. The molecule has 0 saturated heterocycles. The minimum Gasteiger partial charge on any atom is -0.457 e. The van der Waals surface area contributed by atoms with Gasteiger partial charge in [-0.15, -0.1) is 12.4 Å². The van der Waals surface area contributed by atoms with Crippen LogP contribution in [0.1, 0.15) is 38.3 Å². The van der Waals surface area contributed by atoms with E-state index in [2.05, 4.69) is 13.8 Å². The van der Waals surface area contributed by atoms with Gasteiger partial charge in [-0.3, -0.25) is 0 Å². The first-order valence-electron chi connectivity index (χ1n) is 7.83. The molecule has 0 heterocycles. The predicted molar refractivity (Wildman–Crippen MR) is 97.2 cm³/mol. The maximum atomic E-state index is 10.2. The molecule has 2 aromatic carbocycles. The van der Waals surface area contributed by atoms with Crippen LogP contribution < -0.4 is 10.5 Å². The van der Waals surface area contributed by atoms with E-state index in [1.54, 1.807) is 0 Å². The molecule has 126 valence electrons. The highest BCUT2D eigenvalue weighted by atomic mass is 35.5. The SMILES string of the molecule is CC(C)CC[C@H](O)[C@H](N)c1cccc(Oc2ccccc2)c1.Cl. The van der Waals surface area contributed by atoms with E-state index in [1.165, 1.54) is 0 Å². The summed E-state index contributed by atoms with van der Waals surface area (Å²) in [6, 6.07) is 16.9. The number of benzene rings is 2. The van der Waals surface area contributed by atoms with Gasteiger partial charge in [0.05, 0.1) is 12.1 Å². The molecule has 0 aromatic heterocycles. The molecule has 0 aliphatic heterocycles. The summed E-state index contributed by atoms with van der Waals surface area (Å²) in [6.07, 6.45) is 1.15. The lowest BCUT2D eigenvalue weighted by Gasteiger charge is -2.20. The smallest absolute Gasteiger partial charge is 0.127 e. The molecule has 0 spiro atoms. The maximum Gasteiger partial charge on any atom is 0.127 e. The van der Waals surface area contributed by atoms with Gasteiger partial charge in [-0.2, -0.15) is 0 Å². The number of rotatable bonds is 7. The van der Waals surface area contributed by atoms with Crippen molar-refractivity contribution in [3.8, 4) is 11.5 Å². The van der Waals surface area contributed by atoms with E-state index >= 15 is 0 Å². The number of nitrogens with two attached hydrogens (primary N) is 1. The molecule has 0 fully saturated rings. The van der Waals surface area contributed by atoms with Crippen LogP contribution in [0, 0.1) is 5.92 Å². The van der Waals surface area contributed by atoms with Crippen molar-refractivity contribution in [1.29, 1.82) is 0 Å². The van der Waals surface area contributed by atoms with Crippen LogP contribution in [0.2, 0.25) is 0 Å². The predicted octanol–water partition coefficient (Wildman–Crippen LogP) is 4.70. The van der Waals surface area contributed by atoms with Crippen molar-refractivity contribution in [1.82, 2.24) is 0 Å². The summed E-state index contributed by atoms with van der Waals surface area (Å²) in [7, 11) is 0.